The number of rotatable bonds is 4. The standard InChI is InChI=1S/C14H20N2O3/c1-9(2)15(10(3)4)14(17)12-6-11(5)7-13(8-12)16(18)19/h6-10H,1-5H3. The number of carbonyl (C=O) groups is 1. The molecule has 0 spiro atoms. The average molecular weight is 264 g/mol. The van der Waals surface area contributed by atoms with E-state index in [0.29, 0.717) is 11.1 Å². The summed E-state index contributed by atoms with van der Waals surface area (Å²) in [6.07, 6.45) is 0. The summed E-state index contributed by atoms with van der Waals surface area (Å²) in [5.41, 5.74) is 1.04. The van der Waals surface area contributed by atoms with E-state index in [0.717, 1.165) is 0 Å². The molecule has 5 nitrogen and oxygen atoms in total. The van der Waals surface area contributed by atoms with E-state index >= 15 is 0 Å². The normalized spacial score (nSPS) is 10.9. The van der Waals surface area contributed by atoms with Crippen molar-refractivity contribution in [3.8, 4) is 0 Å². The van der Waals surface area contributed by atoms with Gasteiger partial charge in [-0.15, -0.1) is 0 Å². The van der Waals surface area contributed by atoms with Crippen LogP contribution >= 0.6 is 0 Å². The molecule has 1 aromatic carbocycles. The Hall–Kier alpha value is -1.91. The van der Waals surface area contributed by atoms with E-state index in [2.05, 4.69) is 0 Å². The number of amides is 1. The number of hydrogen-bond donors (Lipinski definition) is 0. The first-order chi connectivity index (χ1) is 8.73. The van der Waals surface area contributed by atoms with E-state index in [1.165, 1.54) is 12.1 Å². The van der Waals surface area contributed by atoms with Crippen molar-refractivity contribution < 1.29 is 9.72 Å². The van der Waals surface area contributed by atoms with E-state index in [1.54, 1.807) is 17.9 Å². The molecule has 0 fully saturated rings. The maximum Gasteiger partial charge on any atom is 0.270 e. The molecule has 0 aliphatic rings. The number of nitro benzene ring substituents is 1. The van der Waals surface area contributed by atoms with E-state index in [4.69, 9.17) is 0 Å². The number of carbonyl (C=O) groups excluding carboxylic acids is 1. The smallest absolute Gasteiger partial charge is 0.270 e. The molecule has 0 N–H and O–H groups in total. The van der Waals surface area contributed by atoms with Crippen LogP contribution in [0.2, 0.25) is 0 Å². The van der Waals surface area contributed by atoms with Crippen LogP contribution in [-0.4, -0.2) is 27.8 Å². The lowest BCUT2D eigenvalue weighted by atomic mass is 10.1. The fourth-order valence-corrected chi connectivity index (χ4v) is 2.21. The number of benzene rings is 1. The number of non-ortho nitro benzene ring substituents is 1. The monoisotopic (exact) mass is 264 g/mol. The van der Waals surface area contributed by atoms with Crippen molar-refractivity contribution in [2.24, 2.45) is 0 Å². The SMILES string of the molecule is Cc1cc(C(=O)N(C(C)C)C(C)C)cc([N+](=O)[O-])c1. The van der Waals surface area contributed by atoms with Crippen LogP contribution in [0.3, 0.4) is 0 Å². The van der Waals surface area contributed by atoms with Crippen LogP contribution in [0.5, 0.6) is 0 Å². The minimum Gasteiger partial charge on any atom is -0.334 e. The fraction of sp³-hybridized carbons (Fsp3) is 0.500. The lowest BCUT2D eigenvalue weighted by molar-refractivity contribution is -0.384. The summed E-state index contributed by atoms with van der Waals surface area (Å²) in [6, 6.07) is 4.59. The van der Waals surface area contributed by atoms with Gasteiger partial charge in [0.15, 0.2) is 0 Å². The van der Waals surface area contributed by atoms with Crippen LogP contribution in [0, 0.1) is 17.0 Å². The van der Waals surface area contributed by atoms with Crippen molar-refractivity contribution in [3.63, 3.8) is 0 Å². The predicted molar refractivity (Wildman–Crippen MR) is 74.3 cm³/mol. The summed E-state index contributed by atoms with van der Waals surface area (Å²) in [5, 5.41) is 10.8. The molecule has 1 rings (SSSR count). The zero-order chi connectivity index (χ0) is 14.7. The van der Waals surface area contributed by atoms with Crippen LogP contribution in [-0.2, 0) is 0 Å². The van der Waals surface area contributed by atoms with Gasteiger partial charge in [0, 0.05) is 29.8 Å². The first-order valence-electron chi connectivity index (χ1n) is 6.32. The molecule has 5 heteroatoms. The number of aryl methyl sites for hydroxylation is 1. The molecule has 104 valence electrons. The summed E-state index contributed by atoms with van der Waals surface area (Å²) < 4.78 is 0. The summed E-state index contributed by atoms with van der Waals surface area (Å²) in [6.45, 7) is 9.48. The topological polar surface area (TPSA) is 63.5 Å². The van der Waals surface area contributed by atoms with Gasteiger partial charge in [-0.2, -0.15) is 0 Å². The van der Waals surface area contributed by atoms with Crippen molar-refractivity contribution >= 4 is 11.6 Å². The summed E-state index contributed by atoms with van der Waals surface area (Å²) in [7, 11) is 0. The van der Waals surface area contributed by atoms with Crippen LogP contribution in [0.25, 0.3) is 0 Å². The second-order valence-corrected chi connectivity index (χ2v) is 5.21. The van der Waals surface area contributed by atoms with Gasteiger partial charge in [0.1, 0.15) is 0 Å². The van der Waals surface area contributed by atoms with Gasteiger partial charge in [-0.3, -0.25) is 14.9 Å². The van der Waals surface area contributed by atoms with Crippen molar-refractivity contribution in [2.75, 3.05) is 0 Å². The molecule has 0 unspecified atom stereocenters. The minimum absolute atomic E-state index is 0.0455. The average Bonchev–Trinajstić information content (AvgIpc) is 2.26. The number of nitrogens with zero attached hydrogens (tertiary/aromatic N) is 2. The van der Waals surface area contributed by atoms with Gasteiger partial charge < -0.3 is 4.90 Å². The largest absolute Gasteiger partial charge is 0.334 e. The Balaban J connectivity index is 3.21. The Kier molecular flexibility index (Phi) is 4.64. The third kappa shape index (κ3) is 3.53. The molecule has 0 saturated heterocycles. The molecule has 0 radical (unpaired) electrons. The Labute approximate surface area is 113 Å². The highest BCUT2D eigenvalue weighted by Gasteiger charge is 2.23. The van der Waals surface area contributed by atoms with E-state index in [-0.39, 0.29) is 23.7 Å². The lowest BCUT2D eigenvalue weighted by Crippen LogP contribution is -2.42. The Morgan fingerprint density at radius 1 is 1.16 bits per heavy atom. The van der Waals surface area contributed by atoms with Gasteiger partial charge in [0.25, 0.3) is 11.6 Å². The van der Waals surface area contributed by atoms with Crippen molar-refractivity contribution in [1.82, 2.24) is 4.90 Å². The second-order valence-electron chi connectivity index (χ2n) is 5.21. The summed E-state index contributed by atoms with van der Waals surface area (Å²) >= 11 is 0. The molecule has 0 aromatic heterocycles. The first-order valence-corrected chi connectivity index (χ1v) is 6.32. The Morgan fingerprint density at radius 2 is 1.68 bits per heavy atom. The predicted octanol–water partition coefficient (Wildman–Crippen LogP) is 3.16. The van der Waals surface area contributed by atoms with Crippen LogP contribution < -0.4 is 0 Å². The molecule has 1 aromatic rings. The van der Waals surface area contributed by atoms with Crippen LogP contribution in [0.15, 0.2) is 18.2 Å². The van der Waals surface area contributed by atoms with Gasteiger partial charge in [0.05, 0.1) is 4.92 Å². The van der Waals surface area contributed by atoms with Crippen molar-refractivity contribution in [1.29, 1.82) is 0 Å². The lowest BCUT2D eigenvalue weighted by Gasteiger charge is -2.30. The second kappa shape index (κ2) is 5.82. The summed E-state index contributed by atoms with van der Waals surface area (Å²) in [5.74, 6) is -0.170. The van der Waals surface area contributed by atoms with Gasteiger partial charge >= 0.3 is 0 Å². The zero-order valence-corrected chi connectivity index (χ0v) is 12.0. The van der Waals surface area contributed by atoms with Gasteiger partial charge in [0.2, 0.25) is 0 Å². The molecule has 0 saturated carbocycles. The Bertz CT molecular complexity index is 487. The fourth-order valence-electron chi connectivity index (χ4n) is 2.21. The molecular formula is C14H20N2O3. The molecule has 19 heavy (non-hydrogen) atoms. The molecule has 0 aliphatic carbocycles. The highest BCUT2D eigenvalue weighted by Crippen LogP contribution is 2.20. The first kappa shape index (κ1) is 15.1. The Morgan fingerprint density at radius 3 is 2.11 bits per heavy atom. The third-order valence-corrected chi connectivity index (χ3v) is 2.87. The van der Waals surface area contributed by atoms with Crippen molar-refractivity contribution in [2.45, 2.75) is 46.7 Å². The van der Waals surface area contributed by atoms with Gasteiger partial charge in [-0.1, -0.05) is 0 Å². The maximum absolute atomic E-state index is 12.5. The quantitative estimate of drug-likeness (QED) is 0.619. The molecule has 1 amide bonds. The minimum atomic E-state index is -0.473. The van der Waals surface area contributed by atoms with Crippen molar-refractivity contribution in [3.05, 3.63) is 39.4 Å². The van der Waals surface area contributed by atoms with Crippen LogP contribution in [0.1, 0.15) is 43.6 Å². The molecule has 0 bridgehead atoms. The van der Waals surface area contributed by atoms with Gasteiger partial charge in [-0.25, -0.2) is 0 Å². The molecule has 0 heterocycles. The number of nitro groups is 1. The van der Waals surface area contributed by atoms with Gasteiger partial charge in [-0.05, 0) is 46.2 Å². The van der Waals surface area contributed by atoms with E-state index in [1.807, 2.05) is 27.7 Å². The maximum atomic E-state index is 12.5. The highest BCUT2D eigenvalue weighted by molar-refractivity contribution is 5.95. The molecule has 0 aliphatic heterocycles. The van der Waals surface area contributed by atoms with E-state index in [9.17, 15) is 14.9 Å². The number of hydrogen-bond acceptors (Lipinski definition) is 3. The van der Waals surface area contributed by atoms with Crippen LogP contribution in [0.4, 0.5) is 5.69 Å². The third-order valence-electron chi connectivity index (χ3n) is 2.87. The molecular weight excluding hydrogens is 244 g/mol. The zero-order valence-electron chi connectivity index (χ0n) is 12.0. The molecule has 0 atom stereocenters. The van der Waals surface area contributed by atoms with E-state index < -0.39 is 4.92 Å². The summed E-state index contributed by atoms with van der Waals surface area (Å²) in [4.78, 5) is 24.6. The highest BCUT2D eigenvalue weighted by atomic mass is 16.6.